The summed E-state index contributed by atoms with van der Waals surface area (Å²) in [6.45, 7) is 9.96. The molecule has 0 spiro atoms. The summed E-state index contributed by atoms with van der Waals surface area (Å²) in [5.74, 6) is 0.207. The molecule has 0 fully saturated rings. The van der Waals surface area contributed by atoms with Crippen LogP contribution in [-0.2, 0) is 0 Å². The van der Waals surface area contributed by atoms with Gasteiger partial charge in [0.2, 0.25) is 0 Å². The van der Waals surface area contributed by atoms with Crippen molar-refractivity contribution in [3.05, 3.63) is 34.4 Å². The highest BCUT2D eigenvalue weighted by Crippen LogP contribution is 2.20. The molecule has 0 heterocycles. The number of rotatable bonds is 4. The Balaban J connectivity index is 2.90. The van der Waals surface area contributed by atoms with E-state index in [0.29, 0.717) is 6.42 Å². The van der Waals surface area contributed by atoms with Crippen LogP contribution in [-0.4, -0.2) is 11.3 Å². The van der Waals surface area contributed by atoms with Gasteiger partial charge < -0.3 is 5.73 Å². The van der Waals surface area contributed by atoms with E-state index in [2.05, 4.69) is 19.1 Å². The molecular formula is C15H23NO. The summed E-state index contributed by atoms with van der Waals surface area (Å²) >= 11 is 0. The third-order valence-corrected chi connectivity index (χ3v) is 2.95. The average Bonchev–Trinajstić information content (AvgIpc) is 2.11. The van der Waals surface area contributed by atoms with Crippen molar-refractivity contribution in [1.29, 1.82) is 0 Å². The fraction of sp³-hybridized carbons (Fsp3) is 0.533. The van der Waals surface area contributed by atoms with Crippen LogP contribution < -0.4 is 5.73 Å². The van der Waals surface area contributed by atoms with Crippen LogP contribution in [0, 0.1) is 20.8 Å². The van der Waals surface area contributed by atoms with Gasteiger partial charge >= 0.3 is 0 Å². The van der Waals surface area contributed by atoms with Gasteiger partial charge in [0, 0.05) is 17.5 Å². The standard InChI is InChI=1S/C15H23NO/c1-10-8-11(2)14(12(3)9-10)13(17)6-7-15(4,5)16/h8-9H,6-7,16H2,1-5H3. The second kappa shape index (κ2) is 5.01. The van der Waals surface area contributed by atoms with Gasteiger partial charge in [-0.05, 0) is 52.2 Å². The molecule has 0 bridgehead atoms. The van der Waals surface area contributed by atoms with Crippen LogP contribution in [0.4, 0.5) is 0 Å². The van der Waals surface area contributed by atoms with Crippen molar-refractivity contribution < 1.29 is 4.79 Å². The second-order valence-electron chi connectivity index (χ2n) is 5.69. The Kier molecular flexibility index (Phi) is 4.10. The number of Topliss-reactive ketones (excluding diaryl/α,β-unsaturated/α-hetero) is 1. The van der Waals surface area contributed by atoms with Crippen molar-refractivity contribution in [3.8, 4) is 0 Å². The monoisotopic (exact) mass is 233 g/mol. The third kappa shape index (κ3) is 3.97. The topological polar surface area (TPSA) is 43.1 Å². The van der Waals surface area contributed by atoms with E-state index in [0.717, 1.165) is 23.1 Å². The van der Waals surface area contributed by atoms with Crippen molar-refractivity contribution >= 4 is 5.78 Å². The lowest BCUT2D eigenvalue weighted by Crippen LogP contribution is -2.32. The summed E-state index contributed by atoms with van der Waals surface area (Å²) < 4.78 is 0. The van der Waals surface area contributed by atoms with E-state index in [1.54, 1.807) is 0 Å². The molecule has 0 unspecified atom stereocenters. The van der Waals surface area contributed by atoms with E-state index in [1.165, 1.54) is 5.56 Å². The molecule has 0 atom stereocenters. The molecule has 94 valence electrons. The summed E-state index contributed by atoms with van der Waals surface area (Å²) in [4.78, 5) is 12.2. The lowest BCUT2D eigenvalue weighted by molar-refractivity contribution is 0.0971. The van der Waals surface area contributed by atoms with Gasteiger partial charge in [-0.1, -0.05) is 17.7 Å². The molecule has 0 saturated carbocycles. The fourth-order valence-electron chi connectivity index (χ4n) is 2.18. The SMILES string of the molecule is Cc1cc(C)c(C(=O)CCC(C)(C)N)c(C)c1. The molecule has 17 heavy (non-hydrogen) atoms. The Labute approximate surface area is 104 Å². The first-order valence-corrected chi connectivity index (χ1v) is 6.10. The first-order chi connectivity index (χ1) is 7.70. The highest BCUT2D eigenvalue weighted by Gasteiger charge is 2.17. The Hall–Kier alpha value is -1.15. The first-order valence-electron chi connectivity index (χ1n) is 6.10. The molecule has 1 aromatic carbocycles. The maximum Gasteiger partial charge on any atom is 0.163 e. The van der Waals surface area contributed by atoms with Crippen LogP contribution in [0.2, 0.25) is 0 Å². The molecule has 2 heteroatoms. The molecule has 1 aromatic rings. The van der Waals surface area contributed by atoms with Gasteiger partial charge in [-0.2, -0.15) is 0 Å². The van der Waals surface area contributed by atoms with Crippen molar-refractivity contribution in [2.75, 3.05) is 0 Å². The Bertz CT molecular complexity index is 404. The summed E-state index contributed by atoms with van der Waals surface area (Å²) in [6.07, 6.45) is 1.24. The van der Waals surface area contributed by atoms with Crippen LogP contribution >= 0.6 is 0 Å². The molecule has 0 amide bonds. The van der Waals surface area contributed by atoms with E-state index in [4.69, 9.17) is 5.73 Å². The normalized spacial score (nSPS) is 11.6. The zero-order valence-corrected chi connectivity index (χ0v) is 11.6. The minimum atomic E-state index is -0.276. The van der Waals surface area contributed by atoms with Crippen LogP contribution in [0.1, 0.15) is 53.7 Å². The Morgan fingerprint density at radius 3 is 2.06 bits per heavy atom. The predicted molar refractivity (Wildman–Crippen MR) is 72.5 cm³/mol. The average molecular weight is 233 g/mol. The van der Waals surface area contributed by atoms with Crippen LogP contribution in [0.5, 0.6) is 0 Å². The number of hydrogen-bond donors (Lipinski definition) is 1. The van der Waals surface area contributed by atoms with Crippen LogP contribution in [0.25, 0.3) is 0 Å². The second-order valence-corrected chi connectivity index (χ2v) is 5.69. The minimum absolute atomic E-state index is 0.207. The number of carbonyl (C=O) groups is 1. The number of hydrogen-bond acceptors (Lipinski definition) is 2. The predicted octanol–water partition coefficient (Wildman–Crippen LogP) is 3.31. The smallest absolute Gasteiger partial charge is 0.163 e. The summed E-state index contributed by atoms with van der Waals surface area (Å²) in [6, 6.07) is 4.13. The van der Waals surface area contributed by atoms with Crippen molar-refractivity contribution in [2.24, 2.45) is 5.73 Å². The number of aryl methyl sites for hydroxylation is 3. The molecule has 0 aromatic heterocycles. The molecule has 0 radical (unpaired) electrons. The molecule has 2 N–H and O–H groups in total. The summed E-state index contributed by atoms with van der Waals surface area (Å²) in [5.41, 5.74) is 9.86. The van der Waals surface area contributed by atoms with Crippen molar-refractivity contribution in [1.82, 2.24) is 0 Å². The third-order valence-electron chi connectivity index (χ3n) is 2.95. The van der Waals surface area contributed by atoms with Crippen molar-refractivity contribution in [2.45, 2.75) is 53.0 Å². The minimum Gasteiger partial charge on any atom is -0.326 e. The Morgan fingerprint density at radius 2 is 1.65 bits per heavy atom. The van der Waals surface area contributed by atoms with Gasteiger partial charge in [0.05, 0.1) is 0 Å². The maximum absolute atomic E-state index is 12.2. The quantitative estimate of drug-likeness (QED) is 0.811. The van der Waals surface area contributed by atoms with Gasteiger partial charge in [-0.15, -0.1) is 0 Å². The van der Waals surface area contributed by atoms with Crippen LogP contribution in [0.15, 0.2) is 12.1 Å². The van der Waals surface area contributed by atoms with Gasteiger partial charge in [0.15, 0.2) is 5.78 Å². The highest BCUT2D eigenvalue weighted by molar-refractivity contribution is 5.98. The van der Waals surface area contributed by atoms with E-state index in [-0.39, 0.29) is 11.3 Å². The first kappa shape index (κ1) is 13.9. The lowest BCUT2D eigenvalue weighted by Gasteiger charge is -2.18. The molecular weight excluding hydrogens is 210 g/mol. The van der Waals surface area contributed by atoms with Gasteiger partial charge in [-0.25, -0.2) is 0 Å². The largest absolute Gasteiger partial charge is 0.326 e. The number of nitrogens with two attached hydrogens (primary N) is 1. The van der Waals surface area contributed by atoms with E-state index in [9.17, 15) is 4.79 Å². The molecule has 0 saturated heterocycles. The molecule has 1 rings (SSSR count). The molecule has 0 aliphatic carbocycles. The molecule has 0 aliphatic heterocycles. The van der Waals surface area contributed by atoms with Crippen LogP contribution in [0.3, 0.4) is 0 Å². The maximum atomic E-state index is 12.2. The summed E-state index contributed by atoms with van der Waals surface area (Å²) in [5, 5.41) is 0. The van der Waals surface area contributed by atoms with E-state index in [1.807, 2.05) is 27.7 Å². The van der Waals surface area contributed by atoms with E-state index >= 15 is 0 Å². The zero-order chi connectivity index (χ0) is 13.2. The lowest BCUT2D eigenvalue weighted by atomic mass is 9.91. The summed E-state index contributed by atoms with van der Waals surface area (Å²) in [7, 11) is 0. The van der Waals surface area contributed by atoms with Crippen molar-refractivity contribution in [3.63, 3.8) is 0 Å². The Morgan fingerprint density at radius 1 is 1.18 bits per heavy atom. The van der Waals surface area contributed by atoms with Gasteiger partial charge in [-0.3, -0.25) is 4.79 Å². The van der Waals surface area contributed by atoms with E-state index < -0.39 is 0 Å². The highest BCUT2D eigenvalue weighted by atomic mass is 16.1. The molecule has 2 nitrogen and oxygen atoms in total. The number of benzene rings is 1. The molecule has 0 aliphatic rings. The number of ketones is 1. The number of carbonyl (C=O) groups excluding carboxylic acids is 1. The fourth-order valence-corrected chi connectivity index (χ4v) is 2.18. The van der Waals surface area contributed by atoms with Gasteiger partial charge in [0.25, 0.3) is 0 Å². The van der Waals surface area contributed by atoms with Gasteiger partial charge in [0.1, 0.15) is 0 Å². The zero-order valence-electron chi connectivity index (χ0n) is 11.6.